The predicted molar refractivity (Wildman–Crippen MR) is 122 cm³/mol. The average Bonchev–Trinajstić information content (AvgIpc) is 3.45. The Morgan fingerprint density at radius 3 is 2.74 bits per heavy atom. The van der Waals surface area contributed by atoms with E-state index in [0.717, 1.165) is 16.2 Å². The molecule has 11 heteroatoms. The fourth-order valence-corrected chi connectivity index (χ4v) is 4.76. The highest BCUT2D eigenvalue weighted by atomic mass is 32.2. The van der Waals surface area contributed by atoms with Gasteiger partial charge in [0.2, 0.25) is 0 Å². The molecule has 4 aromatic rings. The van der Waals surface area contributed by atoms with Gasteiger partial charge in [-0.15, -0.1) is 33.3 Å². The van der Waals surface area contributed by atoms with Gasteiger partial charge in [-0.1, -0.05) is 12.1 Å². The minimum atomic E-state index is -0.299. The molecule has 1 N–H and O–H groups in total. The van der Waals surface area contributed by atoms with E-state index in [1.165, 1.54) is 23.1 Å². The number of carbonyl (C=O) groups is 1. The minimum absolute atomic E-state index is 0.299. The second-order valence-corrected chi connectivity index (χ2v) is 9.15. The molecule has 0 aliphatic carbocycles. The van der Waals surface area contributed by atoms with Crippen molar-refractivity contribution in [1.82, 2.24) is 24.7 Å². The van der Waals surface area contributed by atoms with Gasteiger partial charge in [-0.05, 0) is 41.6 Å². The van der Waals surface area contributed by atoms with E-state index < -0.39 is 0 Å². The largest absolute Gasteiger partial charge is 0.497 e. The van der Waals surface area contributed by atoms with Crippen LogP contribution in [0.1, 0.15) is 16.1 Å². The van der Waals surface area contributed by atoms with Gasteiger partial charge in [0.05, 0.1) is 7.11 Å². The SMILES string of the molecule is COc1ccc(CSc2ccc(Sc3nncn3C)nc2C(=O)Nc2nccs2)cc1. The Morgan fingerprint density at radius 1 is 1.23 bits per heavy atom. The number of hydrogen-bond acceptors (Lipinski definition) is 9. The molecule has 0 bridgehead atoms. The van der Waals surface area contributed by atoms with E-state index in [9.17, 15) is 4.79 Å². The highest BCUT2D eigenvalue weighted by molar-refractivity contribution is 7.99. The quantitative estimate of drug-likeness (QED) is 0.379. The fraction of sp³-hybridized carbons (Fsp3) is 0.150. The molecule has 0 aliphatic rings. The minimum Gasteiger partial charge on any atom is -0.497 e. The molecule has 8 nitrogen and oxygen atoms in total. The molecular formula is C20H18N6O2S3. The Hall–Kier alpha value is -2.89. The molecule has 0 unspecified atom stereocenters. The molecule has 0 radical (unpaired) electrons. The molecule has 4 rings (SSSR count). The Balaban J connectivity index is 1.57. The number of methoxy groups -OCH3 is 1. The Kier molecular flexibility index (Phi) is 6.85. The number of aryl methyl sites for hydroxylation is 1. The third-order valence-corrected chi connectivity index (χ3v) is 6.91. The highest BCUT2D eigenvalue weighted by Crippen LogP contribution is 2.31. The smallest absolute Gasteiger partial charge is 0.277 e. The summed E-state index contributed by atoms with van der Waals surface area (Å²) in [5.41, 5.74) is 1.47. The van der Waals surface area contributed by atoms with Crippen LogP contribution in [0.5, 0.6) is 5.75 Å². The monoisotopic (exact) mass is 470 g/mol. The maximum absolute atomic E-state index is 13.0. The van der Waals surface area contributed by atoms with Crippen molar-refractivity contribution in [1.29, 1.82) is 0 Å². The fourth-order valence-electron chi connectivity index (χ4n) is 2.55. The zero-order valence-corrected chi connectivity index (χ0v) is 19.1. The second kappa shape index (κ2) is 9.94. The highest BCUT2D eigenvalue weighted by Gasteiger charge is 2.17. The first-order valence-electron chi connectivity index (χ1n) is 9.12. The van der Waals surface area contributed by atoms with Crippen LogP contribution in [-0.2, 0) is 12.8 Å². The topological polar surface area (TPSA) is 94.8 Å². The number of thioether (sulfide) groups is 1. The maximum atomic E-state index is 13.0. The van der Waals surface area contributed by atoms with Crippen molar-refractivity contribution in [2.24, 2.45) is 7.05 Å². The van der Waals surface area contributed by atoms with Crippen LogP contribution in [0.4, 0.5) is 5.13 Å². The number of anilines is 1. The molecule has 0 saturated carbocycles. The van der Waals surface area contributed by atoms with E-state index in [2.05, 4.69) is 25.5 Å². The van der Waals surface area contributed by atoms with Gasteiger partial charge in [0.25, 0.3) is 5.91 Å². The zero-order chi connectivity index (χ0) is 21.6. The first-order chi connectivity index (χ1) is 15.1. The van der Waals surface area contributed by atoms with E-state index in [4.69, 9.17) is 4.74 Å². The van der Waals surface area contributed by atoms with Gasteiger partial charge in [0.15, 0.2) is 10.3 Å². The average molecular weight is 471 g/mol. The van der Waals surface area contributed by atoms with Crippen molar-refractivity contribution in [3.63, 3.8) is 0 Å². The number of carbonyl (C=O) groups excluding carboxylic acids is 1. The third kappa shape index (κ3) is 5.43. The first-order valence-corrected chi connectivity index (χ1v) is 11.8. The lowest BCUT2D eigenvalue weighted by Gasteiger charge is -2.10. The second-order valence-electron chi connectivity index (χ2n) is 6.25. The zero-order valence-electron chi connectivity index (χ0n) is 16.7. The summed E-state index contributed by atoms with van der Waals surface area (Å²) in [6, 6.07) is 11.7. The molecule has 0 saturated heterocycles. The summed E-state index contributed by atoms with van der Waals surface area (Å²) >= 11 is 4.26. The number of nitrogens with one attached hydrogen (secondary N) is 1. The molecule has 1 aromatic carbocycles. The van der Waals surface area contributed by atoms with Gasteiger partial charge in [0, 0.05) is 29.3 Å². The van der Waals surface area contributed by atoms with Crippen molar-refractivity contribution < 1.29 is 9.53 Å². The maximum Gasteiger partial charge on any atom is 0.277 e. The number of nitrogens with zero attached hydrogens (tertiary/aromatic N) is 5. The molecule has 3 heterocycles. The lowest BCUT2D eigenvalue weighted by molar-refractivity contribution is 0.101. The number of amides is 1. The standard InChI is InChI=1S/C20H18N6O2S3/c1-26-12-22-25-20(26)31-16-8-7-15(30-11-13-3-5-14(28-2)6-4-13)17(23-16)18(27)24-19-21-9-10-29-19/h3-10,12H,11H2,1-2H3,(H,21,24,27). The molecule has 1 amide bonds. The lowest BCUT2D eigenvalue weighted by Crippen LogP contribution is -2.15. The number of ether oxygens (including phenoxy) is 1. The van der Waals surface area contributed by atoms with Gasteiger partial charge in [-0.2, -0.15) is 0 Å². The van der Waals surface area contributed by atoms with Crippen molar-refractivity contribution >= 4 is 45.9 Å². The summed E-state index contributed by atoms with van der Waals surface area (Å²) in [6.07, 6.45) is 3.27. The Labute approximate surface area is 191 Å². The predicted octanol–water partition coefficient (Wildman–Crippen LogP) is 4.37. The van der Waals surface area contributed by atoms with E-state index in [1.807, 2.05) is 48.8 Å². The van der Waals surface area contributed by atoms with Crippen LogP contribution >= 0.6 is 34.9 Å². The first kappa shape index (κ1) is 21.3. The molecule has 3 aromatic heterocycles. The molecule has 0 spiro atoms. The summed E-state index contributed by atoms with van der Waals surface area (Å²) in [7, 11) is 3.50. The number of thiazole rings is 1. The van der Waals surface area contributed by atoms with Crippen LogP contribution in [0.2, 0.25) is 0 Å². The third-order valence-electron chi connectivity index (χ3n) is 4.12. The Morgan fingerprint density at radius 2 is 2.06 bits per heavy atom. The number of rotatable bonds is 8. The van der Waals surface area contributed by atoms with Crippen LogP contribution in [0.15, 0.2) is 69.4 Å². The summed E-state index contributed by atoms with van der Waals surface area (Å²) < 4.78 is 7.01. The Bertz CT molecular complexity index is 1160. The lowest BCUT2D eigenvalue weighted by atomic mass is 10.2. The van der Waals surface area contributed by atoms with Crippen molar-refractivity contribution in [3.8, 4) is 5.75 Å². The van der Waals surface area contributed by atoms with E-state index >= 15 is 0 Å². The van der Waals surface area contributed by atoms with Crippen LogP contribution in [-0.4, -0.2) is 37.7 Å². The molecular weight excluding hydrogens is 452 g/mol. The summed E-state index contributed by atoms with van der Waals surface area (Å²) in [4.78, 5) is 22.5. The van der Waals surface area contributed by atoms with Crippen LogP contribution in [0, 0.1) is 0 Å². The normalized spacial score (nSPS) is 10.8. The van der Waals surface area contributed by atoms with Crippen molar-refractivity contribution in [3.05, 3.63) is 65.6 Å². The summed E-state index contributed by atoms with van der Waals surface area (Å²) in [5.74, 6) is 1.20. The number of pyridine rings is 1. The van der Waals surface area contributed by atoms with Gasteiger partial charge in [0.1, 0.15) is 22.8 Å². The van der Waals surface area contributed by atoms with Crippen LogP contribution in [0.3, 0.4) is 0 Å². The van der Waals surface area contributed by atoms with Crippen molar-refractivity contribution in [2.75, 3.05) is 12.4 Å². The summed E-state index contributed by atoms with van der Waals surface area (Å²) in [6.45, 7) is 0. The molecule has 0 aliphatic heterocycles. The van der Waals surface area contributed by atoms with Gasteiger partial charge in [-0.25, -0.2) is 9.97 Å². The number of benzene rings is 1. The van der Waals surface area contributed by atoms with E-state index in [-0.39, 0.29) is 5.91 Å². The molecule has 31 heavy (non-hydrogen) atoms. The van der Waals surface area contributed by atoms with Crippen LogP contribution in [0.25, 0.3) is 0 Å². The summed E-state index contributed by atoms with van der Waals surface area (Å²) in [5, 5.41) is 14.5. The number of hydrogen-bond donors (Lipinski definition) is 1. The van der Waals surface area contributed by atoms with Crippen molar-refractivity contribution in [2.45, 2.75) is 20.8 Å². The molecule has 0 fully saturated rings. The van der Waals surface area contributed by atoms with Gasteiger partial charge >= 0.3 is 0 Å². The van der Waals surface area contributed by atoms with Crippen LogP contribution < -0.4 is 10.1 Å². The van der Waals surface area contributed by atoms with E-state index in [1.54, 1.807) is 36.0 Å². The molecule has 158 valence electrons. The number of aromatic nitrogens is 5. The van der Waals surface area contributed by atoms with E-state index in [0.29, 0.717) is 26.8 Å². The van der Waals surface area contributed by atoms with Gasteiger partial charge < -0.3 is 9.30 Å². The van der Waals surface area contributed by atoms with Gasteiger partial charge in [-0.3, -0.25) is 10.1 Å². The molecule has 0 atom stereocenters.